The maximum Gasteiger partial charge on any atom is 0.407 e. The molecule has 6 heteroatoms. The number of piperidine rings is 1. The lowest BCUT2D eigenvalue weighted by atomic mass is 9.96. The Labute approximate surface area is 149 Å². The molecule has 0 saturated carbocycles. The number of hydrogen-bond acceptors (Lipinski definition) is 4. The zero-order chi connectivity index (χ0) is 18.2. The maximum absolute atomic E-state index is 12.4. The van der Waals surface area contributed by atoms with Crippen molar-refractivity contribution in [1.82, 2.24) is 10.2 Å². The summed E-state index contributed by atoms with van der Waals surface area (Å²) < 4.78 is 5.21. The molecular formula is C19H29N3O3. The van der Waals surface area contributed by atoms with Crippen LogP contribution in [0.1, 0.15) is 32.3 Å². The standard InChI is InChI=1S/C19H29N3O3/c1-14(2)17(20)18(23)22-10-6-9-16(12-22)11-21-19(24)25-13-15-7-4-3-5-8-15/h3-5,7-8,14,16-17H,6,9-13,20H2,1-2H3,(H,21,24)/t16-,17-/m0/s1. The van der Waals surface area contributed by atoms with Crippen LogP contribution in [0, 0.1) is 11.8 Å². The van der Waals surface area contributed by atoms with Crippen molar-refractivity contribution in [2.45, 2.75) is 39.3 Å². The van der Waals surface area contributed by atoms with Crippen LogP contribution in [0.3, 0.4) is 0 Å². The van der Waals surface area contributed by atoms with Gasteiger partial charge in [0.1, 0.15) is 6.61 Å². The monoisotopic (exact) mass is 347 g/mol. The van der Waals surface area contributed by atoms with E-state index in [2.05, 4.69) is 5.32 Å². The number of carbonyl (C=O) groups is 2. The molecule has 0 radical (unpaired) electrons. The second kappa shape index (κ2) is 9.42. The van der Waals surface area contributed by atoms with Crippen molar-refractivity contribution < 1.29 is 14.3 Å². The van der Waals surface area contributed by atoms with Crippen LogP contribution in [0.5, 0.6) is 0 Å². The van der Waals surface area contributed by atoms with Crippen LogP contribution >= 0.6 is 0 Å². The van der Waals surface area contributed by atoms with Crippen LogP contribution < -0.4 is 11.1 Å². The molecular weight excluding hydrogens is 318 g/mol. The van der Waals surface area contributed by atoms with Gasteiger partial charge in [-0.05, 0) is 30.2 Å². The summed E-state index contributed by atoms with van der Waals surface area (Å²) in [7, 11) is 0. The number of ether oxygens (including phenoxy) is 1. The van der Waals surface area contributed by atoms with Gasteiger partial charge in [0.15, 0.2) is 0 Å². The van der Waals surface area contributed by atoms with Gasteiger partial charge in [-0.15, -0.1) is 0 Å². The molecule has 1 aliphatic heterocycles. The van der Waals surface area contributed by atoms with Crippen LogP contribution in [-0.4, -0.2) is 42.6 Å². The Morgan fingerprint density at radius 3 is 2.72 bits per heavy atom. The summed E-state index contributed by atoms with van der Waals surface area (Å²) in [6.07, 6.45) is 1.49. The van der Waals surface area contributed by atoms with Crippen molar-refractivity contribution >= 4 is 12.0 Å². The quantitative estimate of drug-likeness (QED) is 0.826. The van der Waals surface area contributed by atoms with Gasteiger partial charge in [-0.1, -0.05) is 44.2 Å². The highest BCUT2D eigenvalue weighted by atomic mass is 16.5. The van der Waals surface area contributed by atoms with Crippen LogP contribution in [0.25, 0.3) is 0 Å². The highest BCUT2D eigenvalue weighted by Crippen LogP contribution is 2.17. The molecule has 1 aliphatic rings. The van der Waals surface area contributed by atoms with E-state index in [0.717, 1.165) is 24.9 Å². The molecule has 1 fully saturated rings. The Bertz CT molecular complexity index is 562. The third-order valence-electron chi connectivity index (χ3n) is 4.58. The first-order valence-electron chi connectivity index (χ1n) is 8.96. The predicted molar refractivity (Wildman–Crippen MR) is 96.7 cm³/mol. The average molecular weight is 347 g/mol. The highest BCUT2D eigenvalue weighted by Gasteiger charge is 2.28. The fraction of sp³-hybridized carbons (Fsp3) is 0.579. The minimum Gasteiger partial charge on any atom is -0.445 e. The summed E-state index contributed by atoms with van der Waals surface area (Å²) in [5.74, 6) is 0.367. The lowest BCUT2D eigenvalue weighted by molar-refractivity contribution is -0.135. The fourth-order valence-corrected chi connectivity index (χ4v) is 2.93. The number of alkyl carbamates (subject to hydrolysis) is 1. The third-order valence-corrected chi connectivity index (χ3v) is 4.58. The molecule has 1 aromatic rings. The predicted octanol–water partition coefficient (Wildman–Crippen LogP) is 2.13. The van der Waals surface area contributed by atoms with Crippen molar-refractivity contribution in [3.8, 4) is 0 Å². The maximum atomic E-state index is 12.4. The molecule has 6 nitrogen and oxygen atoms in total. The van der Waals surface area contributed by atoms with Gasteiger partial charge < -0.3 is 20.7 Å². The Morgan fingerprint density at radius 2 is 2.04 bits per heavy atom. The molecule has 2 atom stereocenters. The van der Waals surface area contributed by atoms with E-state index >= 15 is 0 Å². The zero-order valence-electron chi connectivity index (χ0n) is 15.1. The molecule has 25 heavy (non-hydrogen) atoms. The molecule has 138 valence electrons. The largest absolute Gasteiger partial charge is 0.445 e. The minimum atomic E-state index is -0.456. The lowest BCUT2D eigenvalue weighted by Gasteiger charge is -2.35. The topological polar surface area (TPSA) is 84.7 Å². The van der Waals surface area contributed by atoms with Crippen LogP contribution in [-0.2, 0) is 16.1 Å². The number of nitrogens with two attached hydrogens (primary N) is 1. The van der Waals surface area contributed by atoms with Crippen molar-refractivity contribution in [3.05, 3.63) is 35.9 Å². The van der Waals surface area contributed by atoms with Crippen LogP contribution in [0.4, 0.5) is 4.79 Å². The summed E-state index contributed by atoms with van der Waals surface area (Å²) in [5.41, 5.74) is 6.93. The number of likely N-dealkylation sites (tertiary alicyclic amines) is 1. The van der Waals surface area contributed by atoms with Gasteiger partial charge in [-0.25, -0.2) is 4.79 Å². The molecule has 2 rings (SSSR count). The van der Waals surface area contributed by atoms with Crippen molar-refractivity contribution in [1.29, 1.82) is 0 Å². The van der Waals surface area contributed by atoms with Crippen molar-refractivity contribution in [2.75, 3.05) is 19.6 Å². The Balaban J connectivity index is 1.73. The molecule has 1 aromatic carbocycles. The first-order valence-corrected chi connectivity index (χ1v) is 8.96. The van der Waals surface area contributed by atoms with E-state index < -0.39 is 12.1 Å². The summed E-state index contributed by atoms with van der Waals surface area (Å²) >= 11 is 0. The van der Waals surface area contributed by atoms with E-state index in [4.69, 9.17) is 10.5 Å². The van der Waals surface area contributed by atoms with Gasteiger partial charge in [0, 0.05) is 19.6 Å². The Kier molecular flexibility index (Phi) is 7.25. The van der Waals surface area contributed by atoms with Crippen LogP contribution in [0.2, 0.25) is 0 Å². The molecule has 0 aliphatic carbocycles. The number of carbonyl (C=O) groups excluding carboxylic acids is 2. The van der Waals surface area contributed by atoms with E-state index in [1.165, 1.54) is 0 Å². The molecule has 3 N–H and O–H groups in total. The lowest BCUT2D eigenvalue weighted by Crippen LogP contribution is -2.51. The summed E-state index contributed by atoms with van der Waals surface area (Å²) in [6, 6.07) is 9.11. The molecule has 0 aromatic heterocycles. The van der Waals surface area contributed by atoms with E-state index in [1.807, 2.05) is 49.1 Å². The molecule has 1 heterocycles. The first-order chi connectivity index (χ1) is 12.0. The average Bonchev–Trinajstić information content (AvgIpc) is 2.64. The molecule has 2 amide bonds. The van der Waals surface area contributed by atoms with E-state index in [0.29, 0.717) is 13.1 Å². The normalized spacial score (nSPS) is 18.7. The molecule has 1 saturated heterocycles. The SMILES string of the molecule is CC(C)[C@H](N)C(=O)N1CCC[C@@H](CNC(=O)OCc2ccccc2)C1. The van der Waals surface area contributed by atoms with Gasteiger partial charge in [0.2, 0.25) is 5.91 Å². The number of nitrogens with zero attached hydrogens (tertiary/aromatic N) is 1. The van der Waals surface area contributed by atoms with Crippen LogP contribution in [0.15, 0.2) is 30.3 Å². The van der Waals surface area contributed by atoms with Crippen molar-refractivity contribution in [2.24, 2.45) is 17.6 Å². The Morgan fingerprint density at radius 1 is 1.32 bits per heavy atom. The molecule has 0 unspecified atom stereocenters. The van der Waals surface area contributed by atoms with E-state index in [-0.39, 0.29) is 24.3 Å². The van der Waals surface area contributed by atoms with E-state index in [1.54, 1.807) is 0 Å². The molecule has 0 bridgehead atoms. The van der Waals surface area contributed by atoms with Gasteiger partial charge >= 0.3 is 6.09 Å². The van der Waals surface area contributed by atoms with Gasteiger partial charge in [0.25, 0.3) is 0 Å². The summed E-state index contributed by atoms with van der Waals surface area (Å²) in [5, 5.41) is 2.80. The number of nitrogens with one attached hydrogen (secondary N) is 1. The number of amides is 2. The van der Waals surface area contributed by atoms with E-state index in [9.17, 15) is 9.59 Å². The first kappa shape index (κ1) is 19.2. The second-order valence-corrected chi connectivity index (χ2v) is 7.00. The summed E-state index contributed by atoms with van der Waals surface area (Å²) in [4.78, 5) is 26.0. The number of rotatable bonds is 6. The molecule has 0 spiro atoms. The number of hydrogen-bond donors (Lipinski definition) is 2. The fourth-order valence-electron chi connectivity index (χ4n) is 2.93. The number of benzene rings is 1. The van der Waals surface area contributed by atoms with Crippen molar-refractivity contribution in [3.63, 3.8) is 0 Å². The zero-order valence-corrected chi connectivity index (χ0v) is 15.1. The highest BCUT2D eigenvalue weighted by molar-refractivity contribution is 5.82. The van der Waals surface area contributed by atoms with Gasteiger partial charge in [-0.3, -0.25) is 4.79 Å². The van der Waals surface area contributed by atoms with Gasteiger partial charge in [0.05, 0.1) is 6.04 Å². The van der Waals surface area contributed by atoms with Gasteiger partial charge in [-0.2, -0.15) is 0 Å². The smallest absolute Gasteiger partial charge is 0.407 e. The second-order valence-electron chi connectivity index (χ2n) is 7.00. The third kappa shape index (κ3) is 6.05. The Hall–Kier alpha value is -2.08. The summed E-state index contributed by atoms with van der Waals surface area (Å²) in [6.45, 7) is 6.05. The minimum absolute atomic E-state index is 0.00588.